The number of nitrogens with one attached hydrogen (secondary N) is 1. The maximum absolute atomic E-state index is 13.6. The molecule has 3 aliphatic rings. The van der Waals surface area contributed by atoms with Crippen molar-refractivity contribution in [3.05, 3.63) is 59.4 Å². The summed E-state index contributed by atoms with van der Waals surface area (Å²) in [4.78, 5) is 32.7. The van der Waals surface area contributed by atoms with Crippen LogP contribution in [-0.4, -0.2) is 87.2 Å². The van der Waals surface area contributed by atoms with Crippen LogP contribution in [0.2, 0.25) is 0 Å². The maximum Gasteiger partial charge on any atom is 0.236 e. The third kappa shape index (κ3) is 5.32. The molecule has 9 heteroatoms. The molecule has 0 bridgehead atoms. The number of amides is 2. The van der Waals surface area contributed by atoms with Crippen molar-refractivity contribution in [2.45, 2.75) is 19.0 Å². The van der Waals surface area contributed by atoms with Gasteiger partial charge in [0, 0.05) is 51.0 Å². The summed E-state index contributed by atoms with van der Waals surface area (Å²) in [5.74, 6) is 0.224. The average Bonchev–Trinajstić information content (AvgIpc) is 2.91. The van der Waals surface area contributed by atoms with Crippen molar-refractivity contribution in [2.24, 2.45) is 5.92 Å². The zero-order valence-electron chi connectivity index (χ0n) is 20.6. The minimum absolute atomic E-state index is 0.0583. The van der Waals surface area contributed by atoms with Crippen molar-refractivity contribution < 1.29 is 23.5 Å². The van der Waals surface area contributed by atoms with Crippen LogP contribution in [0.15, 0.2) is 42.5 Å². The molecule has 36 heavy (non-hydrogen) atoms. The monoisotopic (exact) mass is 496 g/mol. The van der Waals surface area contributed by atoms with Crippen LogP contribution in [-0.2, 0) is 27.3 Å². The summed E-state index contributed by atoms with van der Waals surface area (Å²) < 4.78 is 24.4. The number of carbonyl (C=O) groups excluding carboxylic acids is 2. The lowest BCUT2D eigenvalue weighted by Crippen LogP contribution is -2.62. The molecule has 0 aromatic heterocycles. The molecule has 0 aliphatic carbocycles. The molecule has 5 rings (SSSR count). The molecule has 1 N–H and O–H groups in total. The fourth-order valence-electron chi connectivity index (χ4n) is 5.48. The second-order valence-electron chi connectivity index (χ2n) is 9.64. The summed E-state index contributed by atoms with van der Waals surface area (Å²) in [6.45, 7) is 5.09. The molecule has 0 spiro atoms. The highest BCUT2D eigenvalue weighted by atomic mass is 19.1. The van der Waals surface area contributed by atoms with Crippen LogP contribution in [0.3, 0.4) is 0 Å². The minimum atomic E-state index is -0.318. The first-order chi connectivity index (χ1) is 17.5. The number of methoxy groups -OCH3 is 1. The standard InChI is InChI=1S/C27H33FN4O4/c1-35-22-6-5-20-14-23(27(34)29-16-19-3-2-4-21(28)13-19)25-17-30(7-8-32(25)24(20)15-22)18-26(33)31-9-11-36-12-10-31/h2-6,13,15,23,25H,7-12,14,16-18H2,1H3,(H,29,34)/t23-,25+/m0/s1. The van der Waals surface area contributed by atoms with Crippen LogP contribution in [0.25, 0.3) is 0 Å². The molecule has 2 fully saturated rings. The zero-order chi connectivity index (χ0) is 25.1. The molecule has 0 unspecified atom stereocenters. The Hall–Kier alpha value is -3.17. The van der Waals surface area contributed by atoms with Crippen LogP contribution >= 0.6 is 0 Å². The van der Waals surface area contributed by atoms with E-state index in [2.05, 4.69) is 15.1 Å². The number of fused-ring (bicyclic) bond motifs is 3. The van der Waals surface area contributed by atoms with Crippen molar-refractivity contribution in [1.29, 1.82) is 0 Å². The van der Waals surface area contributed by atoms with Crippen LogP contribution in [0.5, 0.6) is 5.75 Å². The molecular weight excluding hydrogens is 463 g/mol. The number of morpholine rings is 1. The Morgan fingerprint density at radius 3 is 2.72 bits per heavy atom. The lowest BCUT2D eigenvalue weighted by Gasteiger charge is -2.49. The Labute approximate surface area is 210 Å². The normalized spacial score (nSPS) is 21.9. The van der Waals surface area contributed by atoms with Gasteiger partial charge < -0.3 is 24.6 Å². The van der Waals surface area contributed by atoms with Gasteiger partial charge in [-0.2, -0.15) is 0 Å². The van der Waals surface area contributed by atoms with E-state index in [1.165, 1.54) is 12.1 Å². The second-order valence-corrected chi connectivity index (χ2v) is 9.64. The third-order valence-electron chi connectivity index (χ3n) is 7.42. The molecule has 0 saturated carbocycles. The SMILES string of the molecule is COc1ccc2c(c1)N1CCN(CC(=O)N3CCOCC3)C[C@@H]1[C@@H](C(=O)NCc1cccc(F)c1)C2. The first-order valence-corrected chi connectivity index (χ1v) is 12.6. The summed E-state index contributed by atoms with van der Waals surface area (Å²) in [5, 5.41) is 3.03. The zero-order valence-corrected chi connectivity index (χ0v) is 20.6. The molecular formula is C27H33FN4O4. The fourth-order valence-corrected chi connectivity index (χ4v) is 5.48. The summed E-state index contributed by atoms with van der Waals surface area (Å²) in [5.41, 5.74) is 2.92. The molecule has 192 valence electrons. The molecule has 2 aromatic carbocycles. The number of benzene rings is 2. The Bertz CT molecular complexity index is 1110. The third-order valence-corrected chi connectivity index (χ3v) is 7.42. The minimum Gasteiger partial charge on any atom is -0.497 e. The Kier molecular flexibility index (Phi) is 7.38. The molecule has 2 aromatic rings. The highest BCUT2D eigenvalue weighted by molar-refractivity contribution is 5.82. The Morgan fingerprint density at radius 2 is 1.94 bits per heavy atom. The number of piperazine rings is 1. The van der Waals surface area contributed by atoms with Crippen molar-refractivity contribution in [3.63, 3.8) is 0 Å². The van der Waals surface area contributed by atoms with Gasteiger partial charge in [0.05, 0.1) is 38.8 Å². The van der Waals surface area contributed by atoms with E-state index in [1.54, 1.807) is 19.2 Å². The van der Waals surface area contributed by atoms with Gasteiger partial charge in [0.25, 0.3) is 0 Å². The van der Waals surface area contributed by atoms with E-state index >= 15 is 0 Å². The van der Waals surface area contributed by atoms with Crippen LogP contribution < -0.4 is 15.0 Å². The summed E-state index contributed by atoms with van der Waals surface area (Å²) in [7, 11) is 1.65. The second kappa shape index (κ2) is 10.8. The topological polar surface area (TPSA) is 74.3 Å². The van der Waals surface area contributed by atoms with Crippen LogP contribution in [0.4, 0.5) is 10.1 Å². The van der Waals surface area contributed by atoms with Gasteiger partial charge in [0.1, 0.15) is 11.6 Å². The number of anilines is 1. The van der Waals surface area contributed by atoms with Crippen LogP contribution in [0.1, 0.15) is 11.1 Å². The molecule has 3 heterocycles. The fraction of sp³-hybridized carbons (Fsp3) is 0.481. The van der Waals surface area contributed by atoms with Gasteiger partial charge in [-0.05, 0) is 35.7 Å². The van der Waals surface area contributed by atoms with Crippen molar-refractivity contribution in [3.8, 4) is 5.75 Å². The molecule has 2 amide bonds. The molecule has 0 radical (unpaired) electrons. The van der Waals surface area contributed by atoms with Gasteiger partial charge in [-0.25, -0.2) is 4.39 Å². The number of hydrogen-bond donors (Lipinski definition) is 1. The van der Waals surface area contributed by atoms with Gasteiger partial charge in [0.2, 0.25) is 11.8 Å². The number of nitrogens with zero attached hydrogens (tertiary/aromatic N) is 3. The lowest BCUT2D eigenvalue weighted by atomic mass is 9.83. The highest BCUT2D eigenvalue weighted by Gasteiger charge is 2.42. The Balaban J connectivity index is 1.33. The molecule has 2 atom stereocenters. The number of rotatable bonds is 6. The lowest BCUT2D eigenvalue weighted by molar-refractivity contribution is -0.136. The summed E-state index contributed by atoms with van der Waals surface area (Å²) >= 11 is 0. The van der Waals surface area contributed by atoms with Crippen molar-refractivity contribution in [1.82, 2.24) is 15.1 Å². The number of carbonyl (C=O) groups is 2. The van der Waals surface area contributed by atoms with E-state index in [9.17, 15) is 14.0 Å². The maximum atomic E-state index is 13.6. The quantitative estimate of drug-likeness (QED) is 0.656. The van der Waals surface area contributed by atoms with Gasteiger partial charge >= 0.3 is 0 Å². The van der Waals surface area contributed by atoms with E-state index in [4.69, 9.17) is 9.47 Å². The number of halogens is 1. The van der Waals surface area contributed by atoms with E-state index in [-0.39, 0.29) is 36.1 Å². The molecule has 3 aliphatic heterocycles. The van der Waals surface area contributed by atoms with Gasteiger partial charge in [-0.15, -0.1) is 0 Å². The van der Waals surface area contributed by atoms with Crippen LogP contribution in [0, 0.1) is 11.7 Å². The van der Waals surface area contributed by atoms with Gasteiger partial charge in [-0.3, -0.25) is 14.5 Å². The smallest absolute Gasteiger partial charge is 0.236 e. The molecule has 2 saturated heterocycles. The predicted molar refractivity (Wildman–Crippen MR) is 133 cm³/mol. The van der Waals surface area contributed by atoms with E-state index < -0.39 is 0 Å². The largest absolute Gasteiger partial charge is 0.497 e. The van der Waals surface area contributed by atoms with E-state index in [0.29, 0.717) is 45.8 Å². The first kappa shape index (κ1) is 24.5. The average molecular weight is 497 g/mol. The van der Waals surface area contributed by atoms with E-state index in [1.807, 2.05) is 23.1 Å². The summed E-state index contributed by atoms with van der Waals surface area (Å²) in [6, 6.07) is 12.2. The number of hydrogen-bond acceptors (Lipinski definition) is 6. The van der Waals surface area contributed by atoms with E-state index in [0.717, 1.165) is 35.7 Å². The Morgan fingerprint density at radius 1 is 1.11 bits per heavy atom. The van der Waals surface area contributed by atoms with Gasteiger partial charge in [-0.1, -0.05) is 18.2 Å². The van der Waals surface area contributed by atoms with Crippen molar-refractivity contribution >= 4 is 17.5 Å². The van der Waals surface area contributed by atoms with Crippen molar-refractivity contribution in [2.75, 3.05) is 64.5 Å². The predicted octanol–water partition coefficient (Wildman–Crippen LogP) is 1.67. The summed E-state index contributed by atoms with van der Waals surface area (Å²) in [6.07, 6.45) is 0.598. The number of ether oxygens (including phenoxy) is 2. The van der Waals surface area contributed by atoms with Gasteiger partial charge in [0.15, 0.2) is 0 Å². The molecule has 8 nitrogen and oxygen atoms in total. The first-order valence-electron chi connectivity index (χ1n) is 12.6. The highest BCUT2D eigenvalue weighted by Crippen LogP contribution is 2.38.